The number of hydrogen-bond acceptors (Lipinski definition) is 3. The number of methoxy groups -OCH3 is 1. The molecule has 0 aromatic heterocycles. The fraction of sp³-hybridized carbons (Fsp3) is 0.0833. The van der Waals surface area contributed by atoms with E-state index in [9.17, 15) is 14.4 Å². The number of nitriles is 1. The van der Waals surface area contributed by atoms with Crippen molar-refractivity contribution in [1.29, 1.82) is 5.26 Å². The van der Waals surface area contributed by atoms with Crippen molar-refractivity contribution in [1.82, 2.24) is 0 Å². The van der Waals surface area contributed by atoms with Crippen molar-refractivity contribution in [3.63, 3.8) is 0 Å². The van der Waals surface area contributed by atoms with Crippen LogP contribution < -0.4 is 10.1 Å². The number of nitrogens with zero attached hydrogens (tertiary/aromatic N) is 1. The Labute approximate surface area is 179 Å². The van der Waals surface area contributed by atoms with Crippen LogP contribution in [0.5, 0.6) is 5.75 Å². The van der Waals surface area contributed by atoms with Crippen molar-refractivity contribution >= 4 is 29.3 Å². The maximum Gasteiger partial charge on any atom is 0.266 e. The van der Waals surface area contributed by atoms with Crippen molar-refractivity contribution in [3.8, 4) is 11.8 Å². The summed E-state index contributed by atoms with van der Waals surface area (Å²) in [5.74, 6) is -0.251. The predicted octanol–water partition coefficient (Wildman–Crippen LogP) is 5.62. The molecule has 0 fully saturated rings. The van der Waals surface area contributed by atoms with Crippen LogP contribution in [-0.2, 0) is 11.2 Å². The maximum absolute atomic E-state index is 13.6. The lowest BCUT2D eigenvalue weighted by atomic mass is 9.97. The normalized spacial score (nSPS) is 10.9. The van der Waals surface area contributed by atoms with E-state index < -0.39 is 5.91 Å². The van der Waals surface area contributed by atoms with Crippen LogP contribution in [0.3, 0.4) is 0 Å². The van der Waals surface area contributed by atoms with Gasteiger partial charge in [0.15, 0.2) is 0 Å². The number of halogens is 2. The smallest absolute Gasteiger partial charge is 0.266 e. The Morgan fingerprint density at radius 2 is 1.97 bits per heavy atom. The molecule has 0 unspecified atom stereocenters. The summed E-state index contributed by atoms with van der Waals surface area (Å²) in [5, 5.41) is 12.7. The van der Waals surface area contributed by atoms with Crippen molar-refractivity contribution in [2.75, 3.05) is 12.4 Å². The van der Waals surface area contributed by atoms with E-state index in [0.29, 0.717) is 28.4 Å². The first-order chi connectivity index (χ1) is 14.5. The quantitative estimate of drug-likeness (QED) is 0.415. The van der Waals surface area contributed by atoms with Gasteiger partial charge in [-0.25, -0.2) is 4.39 Å². The van der Waals surface area contributed by atoms with E-state index in [0.717, 1.165) is 11.1 Å². The molecule has 1 N–H and O–H groups in total. The zero-order valence-electron chi connectivity index (χ0n) is 16.2. The summed E-state index contributed by atoms with van der Waals surface area (Å²) in [7, 11) is 1.55. The van der Waals surface area contributed by atoms with Gasteiger partial charge in [-0.1, -0.05) is 35.9 Å². The number of nitrogens with one attached hydrogen (secondary N) is 1. The molecule has 0 saturated heterocycles. The van der Waals surface area contributed by atoms with Crippen molar-refractivity contribution in [2.24, 2.45) is 0 Å². The van der Waals surface area contributed by atoms with E-state index in [-0.39, 0.29) is 11.4 Å². The molecule has 0 aliphatic rings. The Morgan fingerprint density at radius 3 is 2.67 bits per heavy atom. The van der Waals surface area contributed by atoms with Gasteiger partial charge in [-0.15, -0.1) is 0 Å². The summed E-state index contributed by atoms with van der Waals surface area (Å²) < 4.78 is 18.9. The van der Waals surface area contributed by atoms with Gasteiger partial charge in [-0.05, 0) is 71.7 Å². The number of carbonyl (C=O) groups excluding carboxylic acids is 1. The summed E-state index contributed by atoms with van der Waals surface area (Å²) in [6.45, 7) is 0. The van der Waals surface area contributed by atoms with Crippen LogP contribution in [0.25, 0.3) is 6.08 Å². The second-order valence-corrected chi connectivity index (χ2v) is 6.94. The highest BCUT2D eigenvalue weighted by atomic mass is 35.5. The SMILES string of the molecule is COc1ccc(/C=C(\C#N)C(=O)Nc2cccc(Cl)c2)c(Cc2cccc(F)c2)c1. The minimum Gasteiger partial charge on any atom is -0.497 e. The molecule has 0 radical (unpaired) electrons. The monoisotopic (exact) mass is 420 g/mol. The summed E-state index contributed by atoms with van der Waals surface area (Å²) in [5.41, 5.74) is 2.64. The molecule has 30 heavy (non-hydrogen) atoms. The second-order valence-electron chi connectivity index (χ2n) is 6.51. The lowest BCUT2D eigenvalue weighted by Crippen LogP contribution is -2.13. The molecule has 3 aromatic rings. The number of amides is 1. The van der Waals surface area contributed by atoms with Crippen LogP contribution in [0.15, 0.2) is 72.3 Å². The molecule has 0 aliphatic heterocycles. The van der Waals surface area contributed by atoms with Crippen molar-refractivity contribution in [3.05, 3.63) is 99.8 Å². The summed E-state index contributed by atoms with van der Waals surface area (Å²) in [6.07, 6.45) is 1.92. The summed E-state index contributed by atoms with van der Waals surface area (Å²) in [4.78, 5) is 12.6. The van der Waals surface area contributed by atoms with Crippen LogP contribution in [0.1, 0.15) is 16.7 Å². The highest BCUT2D eigenvalue weighted by Gasteiger charge is 2.12. The van der Waals surface area contributed by atoms with Crippen molar-refractivity contribution < 1.29 is 13.9 Å². The summed E-state index contributed by atoms with van der Waals surface area (Å²) >= 11 is 5.94. The van der Waals surface area contributed by atoms with Crippen molar-refractivity contribution in [2.45, 2.75) is 6.42 Å². The third kappa shape index (κ3) is 5.47. The number of hydrogen-bond donors (Lipinski definition) is 1. The molecule has 0 bridgehead atoms. The van der Waals surface area contributed by atoms with Gasteiger partial charge in [0.2, 0.25) is 0 Å². The standard InChI is InChI=1S/C24H18ClFN2O2/c1-30-23-9-8-17(18(13-23)10-16-4-2-6-21(26)11-16)12-19(15-27)24(29)28-22-7-3-5-20(25)14-22/h2-9,11-14H,10H2,1H3,(H,28,29)/b19-12+. The molecule has 1 amide bonds. The Kier molecular flexibility index (Phi) is 6.84. The molecule has 3 rings (SSSR count). The zero-order valence-corrected chi connectivity index (χ0v) is 16.9. The van der Waals surface area contributed by atoms with E-state index in [2.05, 4.69) is 5.32 Å². The van der Waals surface area contributed by atoms with E-state index in [1.54, 1.807) is 55.6 Å². The van der Waals surface area contributed by atoms with Gasteiger partial charge < -0.3 is 10.1 Å². The van der Waals surface area contributed by atoms with Crippen LogP contribution >= 0.6 is 11.6 Å². The fourth-order valence-electron chi connectivity index (χ4n) is 2.94. The predicted molar refractivity (Wildman–Crippen MR) is 116 cm³/mol. The number of benzene rings is 3. The van der Waals surface area contributed by atoms with Crippen LogP contribution in [0.4, 0.5) is 10.1 Å². The molecule has 150 valence electrons. The average molecular weight is 421 g/mol. The summed E-state index contributed by atoms with van der Waals surface area (Å²) in [6, 6.07) is 20.2. The molecule has 6 heteroatoms. The lowest BCUT2D eigenvalue weighted by Gasteiger charge is -2.10. The van der Waals surface area contributed by atoms with E-state index in [4.69, 9.17) is 16.3 Å². The molecule has 0 saturated carbocycles. The third-order valence-electron chi connectivity index (χ3n) is 4.38. The number of anilines is 1. The molecule has 3 aromatic carbocycles. The third-order valence-corrected chi connectivity index (χ3v) is 4.62. The molecular formula is C24H18ClFN2O2. The Morgan fingerprint density at radius 1 is 1.17 bits per heavy atom. The zero-order chi connectivity index (χ0) is 21.5. The van der Waals surface area contributed by atoms with Gasteiger partial charge in [-0.2, -0.15) is 5.26 Å². The molecule has 0 atom stereocenters. The molecule has 0 heterocycles. The Hall–Kier alpha value is -3.62. The van der Waals surface area contributed by atoms with E-state index in [1.165, 1.54) is 18.2 Å². The first-order valence-electron chi connectivity index (χ1n) is 9.08. The lowest BCUT2D eigenvalue weighted by molar-refractivity contribution is -0.112. The topological polar surface area (TPSA) is 62.1 Å². The molecule has 4 nitrogen and oxygen atoms in total. The second kappa shape index (κ2) is 9.73. The minimum absolute atomic E-state index is 0.0689. The van der Waals surface area contributed by atoms with Gasteiger partial charge in [0.25, 0.3) is 5.91 Å². The first-order valence-corrected chi connectivity index (χ1v) is 9.46. The van der Waals surface area contributed by atoms with Gasteiger partial charge in [0.1, 0.15) is 23.2 Å². The fourth-order valence-corrected chi connectivity index (χ4v) is 3.13. The van der Waals surface area contributed by atoms with Crippen LogP contribution in [0, 0.1) is 17.1 Å². The largest absolute Gasteiger partial charge is 0.497 e. The molecule has 0 spiro atoms. The van der Waals surface area contributed by atoms with Crippen LogP contribution in [0.2, 0.25) is 5.02 Å². The molecular weight excluding hydrogens is 403 g/mol. The number of ether oxygens (including phenoxy) is 1. The van der Waals surface area contributed by atoms with Gasteiger partial charge in [-0.3, -0.25) is 4.79 Å². The Balaban J connectivity index is 1.93. The number of carbonyl (C=O) groups is 1. The van der Waals surface area contributed by atoms with Crippen LogP contribution in [-0.4, -0.2) is 13.0 Å². The van der Waals surface area contributed by atoms with Gasteiger partial charge >= 0.3 is 0 Å². The van der Waals surface area contributed by atoms with Gasteiger partial charge in [0.05, 0.1) is 7.11 Å². The van der Waals surface area contributed by atoms with Gasteiger partial charge in [0, 0.05) is 10.7 Å². The first kappa shape index (κ1) is 21.1. The van der Waals surface area contributed by atoms with E-state index in [1.807, 2.05) is 12.1 Å². The minimum atomic E-state index is -0.549. The number of rotatable bonds is 6. The Bertz CT molecular complexity index is 1150. The maximum atomic E-state index is 13.6. The highest BCUT2D eigenvalue weighted by molar-refractivity contribution is 6.31. The molecule has 0 aliphatic carbocycles. The highest BCUT2D eigenvalue weighted by Crippen LogP contribution is 2.24. The average Bonchev–Trinajstić information content (AvgIpc) is 2.72. The van der Waals surface area contributed by atoms with E-state index >= 15 is 0 Å².